The molecule has 4 aromatic rings. The molecule has 152 valence electrons. The molecule has 0 aliphatic heterocycles. The van der Waals surface area contributed by atoms with Crippen molar-refractivity contribution in [1.82, 2.24) is 9.97 Å². The molecule has 0 radical (unpaired) electrons. The quantitative estimate of drug-likeness (QED) is 0.466. The molecule has 0 atom stereocenters. The van der Waals surface area contributed by atoms with Gasteiger partial charge in [0.25, 0.3) is 5.91 Å². The molecule has 30 heavy (non-hydrogen) atoms. The van der Waals surface area contributed by atoms with Crippen LogP contribution in [0, 0.1) is 13.8 Å². The summed E-state index contributed by atoms with van der Waals surface area (Å²) < 4.78 is 23.7. The summed E-state index contributed by atoms with van der Waals surface area (Å²) in [6, 6.07) is 17.9. The van der Waals surface area contributed by atoms with Gasteiger partial charge in [-0.25, -0.2) is 18.5 Å². The fraction of sp³-hybridized carbons (Fsp3) is 0.0909. The lowest BCUT2D eigenvalue weighted by atomic mass is 10.1. The van der Waals surface area contributed by atoms with Gasteiger partial charge in [0.05, 0.1) is 15.9 Å². The molecule has 0 unspecified atom stereocenters. The number of hydrogen-bond donors (Lipinski definition) is 3. The Morgan fingerprint density at radius 2 is 1.80 bits per heavy atom. The number of fused-ring (bicyclic) bond motifs is 1. The number of anilines is 1. The first-order valence-corrected chi connectivity index (χ1v) is 10.8. The van der Waals surface area contributed by atoms with Crippen molar-refractivity contribution in [2.45, 2.75) is 18.7 Å². The molecule has 3 aromatic carbocycles. The zero-order valence-electron chi connectivity index (χ0n) is 16.4. The summed E-state index contributed by atoms with van der Waals surface area (Å²) in [6.07, 6.45) is 0. The number of hydrogen-bond acceptors (Lipinski definition) is 4. The minimum Gasteiger partial charge on any atom is -0.338 e. The summed E-state index contributed by atoms with van der Waals surface area (Å²) in [6.45, 7) is 3.40. The van der Waals surface area contributed by atoms with Gasteiger partial charge in [-0.05, 0) is 61.4 Å². The summed E-state index contributed by atoms with van der Waals surface area (Å²) in [5, 5.41) is 8.11. The second kappa shape index (κ2) is 7.40. The highest BCUT2D eigenvalue weighted by molar-refractivity contribution is 7.89. The highest BCUT2D eigenvalue weighted by Gasteiger charge is 2.18. The SMILES string of the molecule is Cc1cc(C(=O)Nc2cccc(-c3nc4ccccc4[nH]3)c2)cc(S(N)(=O)=O)c1C. The number of primary sulfonamides is 1. The zero-order valence-corrected chi connectivity index (χ0v) is 17.2. The number of carbonyl (C=O) groups excluding carboxylic acids is 1. The van der Waals surface area contributed by atoms with Crippen LogP contribution in [0.1, 0.15) is 21.5 Å². The van der Waals surface area contributed by atoms with Crippen molar-refractivity contribution in [3.05, 3.63) is 77.4 Å². The van der Waals surface area contributed by atoms with Gasteiger partial charge in [0, 0.05) is 16.8 Å². The fourth-order valence-electron chi connectivity index (χ4n) is 3.29. The molecule has 0 saturated heterocycles. The minimum absolute atomic E-state index is 0.0522. The van der Waals surface area contributed by atoms with Gasteiger partial charge in [-0.2, -0.15) is 0 Å². The Bertz CT molecular complexity index is 1360. The van der Waals surface area contributed by atoms with Gasteiger partial charge in [0.15, 0.2) is 0 Å². The van der Waals surface area contributed by atoms with E-state index in [1.165, 1.54) is 6.07 Å². The zero-order chi connectivity index (χ0) is 21.5. The molecule has 0 fully saturated rings. The number of nitrogens with two attached hydrogens (primary N) is 1. The molecule has 1 heterocycles. The van der Waals surface area contributed by atoms with Crippen molar-refractivity contribution in [2.24, 2.45) is 5.14 Å². The van der Waals surface area contributed by atoms with Crippen molar-refractivity contribution in [2.75, 3.05) is 5.32 Å². The molecule has 7 nitrogen and oxygen atoms in total. The van der Waals surface area contributed by atoms with Gasteiger partial charge in [0.2, 0.25) is 10.0 Å². The first-order valence-electron chi connectivity index (χ1n) is 9.23. The average molecular weight is 420 g/mol. The third-order valence-electron chi connectivity index (χ3n) is 4.97. The van der Waals surface area contributed by atoms with E-state index in [1.807, 2.05) is 36.4 Å². The van der Waals surface area contributed by atoms with Crippen LogP contribution in [-0.2, 0) is 10.0 Å². The topological polar surface area (TPSA) is 118 Å². The Balaban J connectivity index is 1.65. The molecule has 0 aliphatic rings. The van der Waals surface area contributed by atoms with Crippen LogP contribution in [0.3, 0.4) is 0 Å². The number of aromatic nitrogens is 2. The lowest BCUT2D eigenvalue weighted by molar-refractivity contribution is 0.102. The number of sulfonamides is 1. The molecule has 1 amide bonds. The molecular weight excluding hydrogens is 400 g/mol. The van der Waals surface area contributed by atoms with Crippen LogP contribution >= 0.6 is 0 Å². The van der Waals surface area contributed by atoms with E-state index in [4.69, 9.17) is 5.14 Å². The molecule has 0 bridgehead atoms. The van der Waals surface area contributed by atoms with E-state index in [2.05, 4.69) is 15.3 Å². The summed E-state index contributed by atoms with van der Waals surface area (Å²) in [4.78, 5) is 20.6. The van der Waals surface area contributed by atoms with Gasteiger partial charge in [-0.3, -0.25) is 4.79 Å². The Morgan fingerprint density at radius 1 is 1.03 bits per heavy atom. The van der Waals surface area contributed by atoms with Crippen LogP contribution in [0.5, 0.6) is 0 Å². The monoisotopic (exact) mass is 420 g/mol. The number of nitrogens with one attached hydrogen (secondary N) is 2. The lowest BCUT2D eigenvalue weighted by Gasteiger charge is -2.11. The standard InChI is InChI=1S/C22H20N4O3S/c1-13-10-16(12-20(14(13)2)30(23,28)29)22(27)24-17-7-5-6-15(11-17)21-25-18-8-3-4-9-19(18)26-21/h3-12H,1-2H3,(H,24,27)(H,25,26)(H2,23,28,29). The number of nitrogens with zero attached hydrogens (tertiary/aromatic N) is 1. The Labute approximate surface area is 174 Å². The summed E-state index contributed by atoms with van der Waals surface area (Å²) in [5.41, 5.74) is 4.57. The van der Waals surface area contributed by atoms with Crippen molar-refractivity contribution in [3.63, 3.8) is 0 Å². The molecule has 1 aromatic heterocycles. The maximum atomic E-state index is 12.8. The molecule has 4 N–H and O–H groups in total. The van der Waals surface area contributed by atoms with Crippen LogP contribution in [0.2, 0.25) is 0 Å². The molecular formula is C22H20N4O3S. The minimum atomic E-state index is -3.93. The summed E-state index contributed by atoms with van der Waals surface area (Å²) >= 11 is 0. The van der Waals surface area contributed by atoms with Crippen LogP contribution in [0.25, 0.3) is 22.4 Å². The van der Waals surface area contributed by atoms with Crippen LogP contribution in [-0.4, -0.2) is 24.3 Å². The van der Waals surface area contributed by atoms with Crippen LogP contribution in [0.4, 0.5) is 5.69 Å². The number of H-pyrrole nitrogens is 1. The van der Waals surface area contributed by atoms with Gasteiger partial charge < -0.3 is 10.3 Å². The van der Waals surface area contributed by atoms with E-state index >= 15 is 0 Å². The Kier molecular flexibility index (Phi) is 4.89. The smallest absolute Gasteiger partial charge is 0.255 e. The highest BCUT2D eigenvalue weighted by Crippen LogP contribution is 2.24. The van der Waals surface area contributed by atoms with E-state index in [0.717, 1.165) is 16.6 Å². The second-order valence-electron chi connectivity index (χ2n) is 7.10. The average Bonchev–Trinajstić information content (AvgIpc) is 3.13. The fourth-order valence-corrected chi connectivity index (χ4v) is 4.17. The Hall–Kier alpha value is -3.49. The summed E-state index contributed by atoms with van der Waals surface area (Å²) in [7, 11) is -3.93. The second-order valence-corrected chi connectivity index (χ2v) is 8.63. The van der Waals surface area contributed by atoms with Crippen LogP contribution in [0.15, 0.2) is 65.6 Å². The van der Waals surface area contributed by atoms with Gasteiger partial charge in [-0.15, -0.1) is 0 Å². The number of para-hydroxylation sites is 2. The van der Waals surface area contributed by atoms with E-state index in [0.29, 0.717) is 22.6 Å². The number of carbonyl (C=O) groups is 1. The van der Waals surface area contributed by atoms with E-state index in [-0.39, 0.29) is 10.5 Å². The largest absolute Gasteiger partial charge is 0.338 e. The van der Waals surface area contributed by atoms with Crippen molar-refractivity contribution in [1.29, 1.82) is 0 Å². The molecule has 0 aliphatic carbocycles. The number of aromatic amines is 1. The third kappa shape index (κ3) is 3.83. The van der Waals surface area contributed by atoms with Gasteiger partial charge in [-0.1, -0.05) is 24.3 Å². The summed E-state index contributed by atoms with van der Waals surface area (Å²) in [5.74, 6) is 0.264. The maximum absolute atomic E-state index is 12.8. The number of amides is 1. The predicted octanol–water partition coefficient (Wildman–Crippen LogP) is 3.75. The molecule has 8 heteroatoms. The van der Waals surface area contributed by atoms with Gasteiger partial charge in [0.1, 0.15) is 5.82 Å². The number of aryl methyl sites for hydroxylation is 1. The van der Waals surface area contributed by atoms with Crippen molar-refractivity contribution >= 4 is 32.7 Å². The normalized spacial score (nSPS) is 11.6. The Morgan fingerprint density at radius 3 is 2.53 bits per heavy atom. The first-order chi connectivity index (χ1) is 14.2. The molecule has 0 saturated carbocycles. The van der Waals surface area contributed by atoms with E-state index < -0.39 is 15.9 Å². The molecule has 0 spiro atoms. The lowest BCUT2D eigenvalue weighted by Crippen LogP contribution is -2.17. The van der Waals surface area contributed by atoms with Crippen LogP contribution < -0.4 is 10.5 Å². The first kappa shape index (κ1) is 19.8. The maximum Gasteiger partial charge on any atom is 0.255 e. The number of benzene rings is 3. The van der Waals surface area contributed by atoms with E-state index in [1.54, 1.807) is 32.0 Å². The van der Waals surface area contributed by atoms with Gasteiger partial charge >= 0.3 is 0 Å². The van der Waals surface area contributed by atoms with E-state index in [9.17, 15) is 13.2 Å². The predicted molar refractivity (Wildman–Crippen MR) is 117 cm³/mol. The number of rotatable bonds is 4. The number of imidazole rings is 1. The van der Waals surface area contributed by atoms with Crippen molar-refractivity contribution < 1.29 is 13.2 Å². The highest BCUT2D eigenvalue weighted by atomic mass is 32.2. The molecule has 4 rings (SSSR count). The third-order valence-corrected chi connectivity index (χ3v) is 6.01. The van der Waals surface area contributed by atoms with Crippen molar-refractivity contribution in [3.8, 4) is 11.4 Å².